The summed E-state index contributed by atoms with van der Waals surface area (Å²) in [5, 5.41) is 0. The molecule has 0 aromatic heterocycles. The van der Waals surface area contributed by atoms with E-state index in [9.17, 15) is 8.42 Å². The average molecular weight is 252 g/mol. The molecule has 0 spiro atoms. The van der Waals surface area contributed by atoms with Crippen LogP contribution in [0, 0.1) is 0 Å². The number of fused-ring (bicyclic) bond motifs is 1. The summed E-state index contributed by atoms with van der Waals surface area (Å²) < 4.78 is 30.5. The molecule has 2 rings (SSSR count). The van der Waals surface area contributed by atoms with Crippen molar-refractivity contribution >= 4 is 21.7 Å². The fourth-order valence-corrected chi connectivity index (χ4v) is 2.67. The summed E-state index contributed by atoms with van der Waals surface area (Å²) in [4.78, 5) is 4.34. The minimum Gasteiger partial charge on any atom is -0.460 e. The Morgan fingerprint density at radius 2 is 2.18 bits per heavy atom. The van der Waals surface area contributed by atoms with Crippen LogP contribution >= 0.6 is 0 Å². The molecular formula is C11H12N2O3S. The van der Waals surface area contributed by atoms with Crippen LogP contribution in [0.2, 0.25) is 0 Å². The van der Waals surface area contributed by atoms with Gasteiger partial charge in [0.2, 0.25) is 0 Å². The van der Waals surface area contributed by atoms with E-state index in [-0.39, 0.29) is 17.5 Å². The van der Waals surface area contributed by atoms with Gasteiger partial charge in [0.1, 0.15) is 11.5 Å². The fraction of sp³-hybridized carbons (Fsp3) is 0.182. The lowest BCUT2D eigenvalue weighted by atomic mass is 10.3. The maximum atomic E-state index is 12.1. The number of amidine groups is 1. The highest BCUT2D eigenvalue weighted by molar-refractivity contribution is 7.89. The van der Waals surface area contributed by atoms with Crippen molar-refractivity contribution in [1.29, 1.82) is 0 Å². The van der Waals surface area contributed by atoms with Gasteiger partial charge in [0, 0.05) is 7.05 Å². The third kappa shape index (κ3) is 1.91. The van der Waals surface area contributed by atoms with Crippen LogP contribution in [0.4, 0.5) is 5.69 Å². The van der Waals surface area contributed by atoms with Crippen LogP contribution < -0.4 is 0 Å². The fourth-order valence-electron chi connectivity index (χ4n) is 1.45. The molecule has 0 saturated heterocycles. The highest BCUT2D eigenvalue weighted by Gasteiger charge is 2.31. The van der Waals surface area contributed by atoms with E-state index in [1.165, 1.54) is 19.2 Å². The van der Waals surface area contributed by atoms with Gasteiger partial charge in [-0.3, -0.25) is 0 Å². The molecule has 0 saturated carbocycles. The summed E-state index contributed by atoms with van der Waals surface area (Å²) in [5.41, 5.74) is 0.393. The minimum absolute atomic E-state index is 0.0589. The second-order valence-electron chi connectivity index (χ2n) is 3.43. The summed E-state index contributed by atoms with van der Waals surface area (Å²) in [7, 11) is -2.15. The van der Waals surface area contributed by atoms with E-state index in [4.69, 9.17) is 4.74 Å². The van der Waals surface area contributed by atoms with E-state index < -0.39 is 10.0 Å². The minimum atomic E-state index is -3.56. The summed E-state index contributed by atoms with van der Waals surface area (Å²) >= 11 is 0. The number of hydrogen-bond acceptors (Lipinski definition) is 4. The van der Waals surface area contributed by atoms with Gasteiger partial charge in [0.15, 0.2) is 0 Å². The van der Waals surface area contributed by atoms with Crippen molar-refractivity contribution in [2.45, 2.75) is 4.90 Å². The van der Waals surface area contributed by atoms with Crippen molar-refractivity contribution in [3.63, 3.8) is 0 Å². The average Bonchev–Trinajstić information content (AvgIpc) is 2.32. The lowest BCUT2D eigenvalue weighted by Gasteiger charge is -2.25. The van der Waals surface area contributed by atoms with E-state index in [1.54, 1.807) is 18.2 Å². The molecule has 1 aromatic rings. The number of rotatable bonds is 2. The molecule has 1 heterocycles. The SMILES string of the molecule is C=CCOC1=Nc2ccccc2S(=O)(=O)N1C. The molecule has 90 valence electrons. The second-order valence-corrected chi connectivity index (χ2v) is 5.37. The van der Waals surface area contributed by atoms with Crippen LogP contribution in [-0.4, -0.2) is 32.4 Å². The molecule has 0 amide bonds. The van der Waals surface area contributed by atoms with Gasteiger partial charge in [-0.15, -0.1) is 0 Å². The molecule has 1 aromatic carbocycles. The largest absolute Gasteiger partial charge is 0.460 e. The Hall–Kier alpha value is -1.82. The Labute approximate surface area is 100 Å². The molecular weight excluding hydrogens is 240 g/mol. The first kappa shape index (κ1) is 11.7. The smallest absolute Gasteiger partial charge is 0.306 e. The van der Waals surface area contributed by atoms with Crippen LogP contribution in [0.25, 0.3) is 0 Å². The maximum absolute atomic E-state index is 12.1. The zero-order valence-electron chi connectivity index (χ0n) is 9.33. The number of nitrogens with zero attached hydrogens (tertiary/aromatic N) is 2. The highest BCUT2D eigenvalue weighted by Crippen LogP contribution is 2.31. The standard InChI is InChI=1S/C11H12N2O3S/c1-3-8-16-11-12-9-6-4-5-7-10(9)17(14,15)13(11)2/h3-7H,1,8H2,2H3. The predicted octanol–water partition coefficient (Wildman–Crippen LogP) is 1.51. The van der Waals surface area contributed by atoms with Crippen molar-refractivity contribution in [2.75, 3.05) is 13.7 Å². The molecule has 0 fully saturated rings. The molecule has 17 heavy (non-hydrogen) atoms. The Bertz CT molecular complexity index is 578. The zero-order chi connectivity index (χ0) is 12.5. The molecule has 6 heteroatoms. The van der Waals surface area contributed by atoms with Gasteiger partial charge in [-0.25, -0.2) is 12.7 Å². The number of ether oxygens (including phenoxy) is 1. The summed E-state index contributed by atoms with van der Waals surface area (Å²) in [6.07, 6.45) is 1.53. The van der Waals surface area contributed by atoms with Crippen LogP contribution in [0.1, 0.15) is 0 Å². The Morgan fingerprint density at radius 1 is 1.47 bits per heavy atom. The normalized spacial score (nSPS) is 17.0. The Balaban J connectivity index is 2.53. The van der Waals surface area contributed by atoms with Crippen LogP contribution in [0.3, 0.4) is 0 Å². The Kier molecular flexibility index (Phi) is 2.89. The molecule has 0 N–H and O–H groups in total. The number of benzene rings is 1. The van der Waals surface area contributed by atoms with Crippen molar-refractivity contribution in [3.05, 3.63) is 36.9 Å². The van der Waals surface area contributed by atoms with E-state index in [2.05, 4.69) is 11.6 Å². The number of sulfonamides is 1. The summed E-state index contributed by atoms with van der Waals surface area (Å²) in [5.74, 6) is 0. The van der Waals surface area contributed by atoms with Crippen molar-refractivity contribution in [1.82, 2.24) is 4.31 Å². The lowest BCUT2D eigenvalue weighted by Crippen LogP contribution is -2.37. The molecule has 0 radical (unpaired) electrons. The van der Waals surface area contributed by atoms with E-state index in [0.717, 1.165) is 4.31 Å². The van der Waals surface area contributed by atoms with Crippen molar-refractivity contribution in [2.24, 2.45) is 4.99 Å². The van der Waals surface area contributed by atoms with Crippen molar-refractivity contribution in [3.8, 4) is 0 Å². The molecule has 1 aliphatic rings. The first-order valence-electron chi connectivity index (χ1n) is 4.97. The summed E-state index contributed by atoms with van der Waals surface area (Å²) in [6, 6.07) is 6.61. The maximum Gasteiger partial charge on any atom is 0.306 e. The predicted molar refractivity (Wildman–Crippen MR) is 64.6 cm³/mol. The van der Waals surface area contributed by atoms with Gasteiger partial charge in [0.05, 0.1) is 5.69 Å². The van der Waals surface area contributed by atoms with Crippen LogP contribution in [0.5, 0.6) is 0 Å². The van der Waals surface area contributed by atoms with Gasteiger partial charge in [-0.2, -0.15) is 4.99 Å². The monoisotopic (exact) mass is 252 g/mol. The van der Waals surface area contributed by atoms with E-state index >= 15 is 0 Å². The van der Waals surface area contributed by atoms with Crippen LogP contribution in [0.15, 0.2) is 46.8 Å². The number of aliphatic imine (C=N–C) groups is 1. The van der Waals surface area contributed by atoms with Gasteiger partial charge >= 0.3 is 6.02 Å². The highest BCUT2D eigenvalue weighted by atomic mass is 32.2. The number of hydrogen-bond donors (Lipinski definition) is 0. The zero-order valence-corrected chi connectivity index (χ0v) is 10.1. The third-order valence-electron chi connectivity index (χ3n) is 2.32. The van der Waals surface area contributed by atoms with Gasteiger partial charge in [0.25, 0.3) is 10.0 Å². The topological polar surface area (TPSA) is 59.0 Å². The lowest BCUT2D eigenvalue weighted by molar-refractivity contribution is 0.309. The Morgan fingerprint density at radius 3 is 2.88 bits per heavy atom. The second kappa shape index (κ2) is 4.21. The molecule has 0 aliphatic carbocycles. The van der Waals surface area contributed by atoms with Crippen LogP contribution in [-0.2, 0) is 14.8 Å². The van der Waals surface area contributed by atoms with Gasteiger partial charge in [-0.05, 0) is 12.1 Å². The first-order valence-corrected chi connectivity index (χ1v) is 6.41. The number of para-hydroxylation sites is 1. The molecule has 0 atom stereocenters. The molecule has 5 nitrogen and oxygen atoms in total. The first-order chi connectivity index (χ1) is 8.07. The molecule has 0 unspecified atom stereocenters. The van der Waals surface area contributed by atoms with Gasteiger partial charge < -0.3 is 4.74 Å². The molecule has 1 aliphatic heterocycles. The quantitative estimate of drug-likeness (QED) is 0.750. The van der Waals surface area contributed by atoms with Crippen molar-refractivity contribution < 1.29 is 13.2 Å². The summed E-state index contributed by atoms with van der Waals surface area (Å²) in [6.45, 7) is 3.71. The van der Waals surface area contributed by atoms with E-state index in [0.29, 0.717) is 5.69 Å². The van der Waals surface area contributed by atoms with Gasteiger partial charge in [-0.1, -0.05) is 24.8 Å². The molecule has 0 bridgehead atoms. The van der Waals surface area contributed by atoms with E-state index in [1.807, 2.05) is 0 Å². The third-order valence-corrected chi connectivity index (χ3v) is 4.10.